The number of nitrogens with zero attached hydrogens (tertiary/aromatic N) is 1. The molecule has 5 heteroatoms. The maximum atomic E-state index is 12.1. The highest BCUT2D eigenvalue weighted by Gasteiger charge is 2.27. The first-order valence-corrected chi connectivity index (χ1v) is 6.59. The lowest BCUT2D eigenvalue weighted by molar-refractivity contribution is -0.119. The zero-order chi connectivity index (χ0) is 13.1. The first kappa shape index (κ1) is 13.1. The van der Waals surface area contributed by atoms with Gasteiger partial charge in [-0.3, -0.25) is 10.1 Å². The van der Waals surface area contributed by atoms with E-state index in [2.05, 4.69) is 22.7 Å². The van der Waals surface area contributed by atoms with E-state index in [1.54, 1.807) is 0 Å². The van der Waals surface area contributed by atoms with Gasteiger partial charge in [-0.15, -0.1) is 0 Å². The Balaban J connectivity index is 1.97. The number of hydrogen-bond acceptors (Lipinski definition) is 4. The van der Waals surface area contributed by atoms with Crippen LogP contribution in [0.5, 0.6) is 0 Å². The number of amides is 1. The van der Waals surface area contributed by atoms with Gasteiger partial charge in [0.25, 0.3) is 0 Å². The fraction of sp³-hybridized carbons (Fsp3) is 0.692. The van der Waals surface area contributed by atoms with Crippen LogP contribution in [0.1, 0.15) is 37.4 Å². The number of aromatic nitrogens is 1. The van der Waals surface area contributed by atoms with Gasteiger partial charge in [0.1, 0.15) is 0 Å². The molecule has 18 heavy (non-hydrogen) atoms. The van der Waals surface area contributed by atoms with E-state index in [0.29, 0.717) is 11.8 Å². The number of carbonyl (C=O) groups excluding carboxylic acids is 1. The van der Waals surface area contributed by atoms with E-state index in [9.17, 15) is 4.79 Å². The third-order valence-corrected chi connectivity index (χ3v) is 3.80. The van der Waals surface area contributed by atoms with Crippen LogP contribution in [0.25, 0.3) is 0 Å². The molecule has 0 radical (unpaired) electrons. The lowest BCUT2D eigenvalue weighted by Crippen LogP contribution is -2.46. The summed E-state index contributed by atoms with van der Waals surface area (Å²) >= 11 is 0. The molecule has 2 atom stereocenters. The first-order valence-electron chi connectivity index (χ1n) is 6.59. The molecule has 2 unspecified atom stereocenters. The van der Waals surface area contributed by atoms with Crippen molar-refractivity contribution in [3.05, 3.63) is 11.3 Å². The van der Waals surface area contributed by atoms with Crippen molar-refractivity contribution >= 4 is 11.8 Å². The SMILES string of the molecule is CCC1CCNC(C(=O)Nc2onc(C)c2C)C1. The Kier molecular flexibility index (Phi) is 4.01. The molecule has 0 bridgehead atoms. The molecule has 0 aromatic carbocycles. The molecule has 0 aliphatic carbocycles. The van der Waals surface area contributed by atoms with Crippen LogP contribution in [0.15, 0.2) is 4.52 Å². The highest BCUT2D eigenvalue weighted by Crippen LogP contribution is 2.22. The van der Waals surface area contributed by atoms with Crippen LogP contribution in [-0.4, -0.2) is 23.7 Å². The predicted molar refractivity (Wildman–Crippen MR) is 69.4 cm³/mol. The normalized spacial score (nSPS) is 23.9. The van der Waals surface area contributed by atoms with E-state index in [-0.39, 0.29) is 11.9 Å². The van der Waals surface area contributed by atoms with Gasteiger partial charge in [-0.1, -0.05) is 18.5 Å². The molecule has 0 saturated carbocycles. The van der Waals surface area contributed by atoms with Gasteiger partial charge in [-0.25, -0.2) is 0 Å². The second-order valence-electron chi connectivity index (χ2n) is 5.02. The molecule has 1 aliphatic rings. The van der Waals surface area contributed by atoms with Crippen LogP contribution in [0, 0.1) is 19.8 Å². The Hall–Kier alpha value is -1.36. The Bertz CT molecular complexity index is 428. The van der Waals surface area contributed by atoms with Gasteiger partial charge in [-0.05, 0) is 39.2 Å². The molecule has 1 aromatic heterocycles. The quantitative estimate of drug-likeness (QED) is 0.862. The van der Waals surface area contributed by atoms with Crippen molar-refractivity contribution in [1.82, 2.24) is 10.5 Å². The van der Waals surface area contributed by atoms with Gasteiger partial charge in [0, 0.05) is 5.56 Å². The Labute approximate surface area is 107 Å². The highest BCUT2D eigenvalue weighted by molar-refractivity contribution is 5.94. The highest BCUT2D eigenvalue weighted by atomic mass is 16.5. The summed E-state index contributed by atoms with van der Waals surface area (Å²) in [5.41, 5.74) is 1.71. The average Bonchev–Trinajstić information content (AvgIpc) is 2.71. The molecule has 1 aliphatic heterocycles. The number of piperidine rings is 1. The van der Waals surface area contributed by atoms with Gasteiger partial charge < -0.3 is 9.84 Å². The molecular weight excluding hydrogens is 230 g/mol. The van der Waals surface area contributed by atoms with Crippen molar-refractivity contribution in [3.8, 4) is 0 Å². The molecule has 0 spiro atoms. The number of anilines is 1. The maximum absolute atomic E-state index is 12.1. The fourth-order valence-corrected chi connectivity index (χ4v) is 2.30. The molecule has 5 nitrogen and oxygen atoms in total. The van der Waals surface area contributed by atoms with E-state index in [4.69, 9.17) is 4.52 Å². The van der Waals surface area contributed by atoms with Crippen LogP contribution in [-0.2, 0) is 4.79 Å². The largest absolute Gasteiger partial charge is 0.338 e. The van der Waals surface area contributed by atoms with Crippen LogP contribution in [0.2, 0.25) is 0 Å². The second-order valence-corrected chi connectivity index (χ2v) is 5.02. The predicted octanol–water partition coefficient (Wildman–Crippen LogP) is 2.01. The molecule has 1 aromatic rings. The molecule has 2 rings (SSSR count). The van der Waals surface area contributed by atoms with E-state index >= 15 is 0 Å². The van der Waals surface area contributed by atoms with Gasteiger partial charge >= 0.3 is 0 Å². The van der Waals surface area contributed by atoms with Gasteiger partial charge in [0.05, 0.1) is 11.7 Å². The topological polar surface area (TPSA) is 67.2 Å². The molecule has 1 amide bonds. The van der Waals surface area contributed by atoms with E-state index < -0.39 is 0 Å². The third kappa shape index (κ3) is 2.72. The average molecular weight is 251 g/mol. The molecular formula is C13H21N3O2. The van der Waals surface area contributed by atoms with E-state index in [1.165, 1.54) is 0 Å². The zero-order valence-electron chi connectivity index (χ0n) is 11.2. The second kappa shape index (κ2) is 5.52. The van der Waals surface area contributed by atoms with Crippen molar-refractivity contribution in [1.29, 1.82) is 0 Å². The smallest absolute Gasteiger partial charge is 0.243 e. The lowest BCUT2D eigenvalue weighted by Gasteiger charge is -2.28. The first-order chi connectivity index (χ1) is 8.61. The Morgan fingerprint density at radius 2 is 2.33 bits per heavy atom. The molecule has 2 heterocycles. The minimum Gasteiger partial charge on any atom is -0.338 e. The third-order valence-electron chi connectivity index (χ3n) is 3.80. The number of nitrogens with one attached hydrogen (secondary N) is 2. The van der Waals surface area contributed by atoms with Crippen LogP contribution < -0.4 is 10.6 Å². The van der Waals surface area contributed by atoms with Gasteiger partial charge in [0.15, 0.2) is 0 Å². The van der Waals surface area contributed by atoms with Crippen LogP contribution in [0.4, 0.5) is 5.88 Å². The van der Waals surface area contributed by atoms with Crippen LogP contribution >= 0.6 is 0 Å². The zero-order valence-corrected chi connectivity index (χ0v) is 11.2. The summed E-state index contributed by atoms with van der Waals surface area (Å²) in [6.45, 7) is 6.84. The summed E-state index contributed by atoms with van der Waals surface area (Å²) in [5.74, 6) is 1.09. The summed E-state index contributed by atoms with van der Waals surface area (Å²) in [4.78, 5) is 12.1. The Morgan fingerprint density at radius 1 is 1.56 bits per heavy atom. The summed E-state index contributed by atoms with van der Waals surface area (Å²) in [6, 6.07) is -0.117. The number of hydrogen-bond donors (Lipinski definition) is 2. The van der Waals surface area contributed by atoms with Crippen molar-refractivity contribution in [2.24, 2.45) is 5.92 Å². The van der Waals surface area contributed by atoms with Crippen LogP contribution in [0.3, 0.4) is 0 Å². The number of rotatable bonds is 3. The number of carbonyl (C=O) groups is 1. The van der Waals surface area contributed by atoms with Crippen molar-refractivity contribution in [2.45, 2.75) is 46.1 Å². The number of aryl methyl sites for hydroxylation is 1. The fourth-order valence-electron chi connectivity index (χ4n) is 2.30. The van der Waals surface area contributed by atoms with E-state index in [0.717, 1.165) is 37.1 Å². The maximum Gasteiger partial charge on any atom is 0.243 e. The van der Waals surface area contributed by atoms with Crippen molar-refractivity contribution < 1.29 is 9.32 Å². The molecule has 2 N–H and O–H groups in total. The molecule has 100 valence electrons. The van der Waals surface area contributed by atoms with E-state index in [1.807, 2.05) is 13.8 Å². The summed E-state index contributed by atoms with van der Waals surface area (Å²) in [7, 11) is 0. The summed E-state index contributed by atoms with van der Waals surface area (Å²) < 4.78 is 5.10. The minimum absolute atomic E-state index is 0.0209. The lowest BCUT2D eigenvalue weighted by atomic mass is 9.90. The molecule has 1 fully saturated rings. The van der Waals surface area contributed by atoms with Gasteiger partial charge in [-0.2, -0.15) is 0 Å². The summed E-state index contributed by atoms with van der Waals surface area (Å²) in [6.07, 6.45) is 3.18. The summed E-state index contributed by atoms with van der Waals surface area (Å²) in [5, 5.41) is 9.91. The van der Waals surface area contributed by atoms with Gasteiger partial charge in [0.2, 0.25) is 11.8 Å². The molecule has 1 saturated heterocycles. The van der Waals surface area contributed by atoms with Crippen molar-refractivity contribution in [2.75, 3.05) is 11.9 Å². The van der Waals surface area contributed by atoms with Crippen molar-refractivity contribution in [3.63, 3.8) is 0 Å². The minimum atomic E-state index is -0.117. The Morgan fingerprint density at radius 3 is 2.94 bits per heavy atom. The monoisotopic (exact) mass is 251 g/mol. The standard InChI is InChI=1S/C13H21N3O2/c1-4-10-5-6-14-11(7-10)12(17)15-13-8(2)9(3)16-18-13/h10-11,14H,4-7H2,1-3H3,(H,15,17).